The average Bonchev–Trinajstić information content (AvgIpc) is 2.65. The third-order valence-electron chi connectivity index (χ3n) is 5.26. The van der Waals surface area contributed by atoms with Crippen molar-refractivity contribution >= 4 is 21.6 Å². The first-order chi connectivity index (χ1) is 12.8. The minimum atomic E-state index is -3.50. The van der Waals surface area contributed by atoms with Crippen molar-refractivity contribution < 1.29 is 13.2 Å². The van der Waals surface area contributed by atoms with Gasteiger partial charge in [0, 0.05) is 24.7 Å². The maximum Gasteiger partial charge on any atom is 0.243 e. The molecular formula is C21H26N2O3S. The number of sulfonamides is 1. The molecule has 1 amide bonds. The Bertz CT molecular complexity index is 928. The second-order valence-electron chi connectivity index (χ2n) is 7.28. The van der Waals surface area contributed by atoms with Crippen LogP contribution in [0.4, 0.5) is 5.69 Å². The molecule has 0 aromatic heterocycles. The predicted molar refractivity (Wildman–Crippen MR) is 107 cm³/mol. The molecule has 144 valence electrons. The zero-order valence-corrected chi connectivity index (χ0v) is 16.8. The summed E-state index contributed by atoms with van der Waals surface area (Å²) in [6, 6.07) is 12.7. The number of nitrogens with zero attached hydrogens (tertiary/aromatic N) is 1. The lowest BCUT2D eigenvalue weighted by Crippen LogP contribution is -2.41. The summed E-state index contributed by atoms with van der Waals surface area (Å²) in [5, 5.41) is 2.96. The van der Waals surface area contributed by atoms with E-state index < -0.39 is 10.0 Å². The standard InChI is InChI=1S/C21H26N2O3S/c1-15-4-8-20(9-5-15)27(25,26)23-12-10-18(11-13-23)21(24)22-19-7-6-16(2)17(3)14-19/h4-9,14,18H,10-13H2,1-3H3,(H,22,24). The van der Waals surface area contributed by atoms with Crippen molar-refractivity contribution in [2.75, 3.05) is 18.4 Å². The smallest absolute Gasteiger partial charge is 0.243 e. The van der Waals surface area contributed by atoms with Gasteiger partial charge >= 0.3 is 0 Å². The highest BCUT2D eigenvalue weighted by Gasteiger charge is 2.32. The number of nitrogens with one attached hydrogen (secondary N) is 1. The van der Waals surface area contributed by atoms with Crippen LogP contribution in [0.3, 0.4) is 0 Å². The molecular weight excluding hydrogens is 360 g/mol. The molecule has 0 atom stereocenters. The van der Waals surface area contributed by atoms with Crippen LogP contribution in [0.5, 0.6) is 0 Å². The van der Waals surface area contributed by atoms with Gasteiger partial charge in [0.15, 0.2) is 0 Å². The van der Waals surface area contributed by atoms with E-state index in [2.05, 4.69) is 5.32 Å². The maximum absolute atomic E-state index is 12.8. The topological polar surface area (TPSA) is 66.5 Å². The van der Waals surface area contributed by atoms with E-state index in [9.17, 15) is 13.2 Å². The second-order valence-corrected chi connectivity index (χ2v) is 9.22. The highest BCUT2D eigenvalue weighted by Crippen LogP contribution is 2.25. The molecule has 0 aliphatic carbocycles. The molecule has 5 nitrogen and oxygen atoms in total. The van der Waals surface area contributed by atoms with Crippen LogP contribution in [0.1, 0.15) is 29.5 Å². The SMILES string of the molecule is Cc1ccc(S(=O)(=O)N2CCC(C(=O)Nc3ccc(C)c(C)c3)CC2)cc1. The molecule has 1 fully saturated rings. The highest BCUT2D eigenvalue weighted by atomic mass is 32.2. The Labute approximate surface area is 161 Å². The number of anilines is 1. The van der Waals surface area contributed by atoms with E-state index in [1.165, 1.54) is 9.87 Å². The number of piperidine rings is 1. The highest BCUT2D eigenvalue weighted by molar-refractivity contribution is 7.89. The number of benzene rings is 2. The number of aryl methyl sites for hydroxylation is 3. The van der Waals surface area contributed by atoms with Crippen molar-refractivity contribution in [3.05, 3.63) is 59.2 Å². The van der Waals surface area contributed by atoms with Gasteiger partial charge in [-0.15, -0.1) is 0 Å². The summed E-state index contributed by atoms with van der Waals surface area (Å²) in [7, 11) is -3.50. The number of carbonyl (C=O) groups is 1. The van der Waals surface area contributed by atoms with E-state index in [4.69, 9.17) is 0 Å². The second kappa shape index (κ2) is 7.82. The van der Waals surface area contributed by atoms with Crippen molar-refractivity contribution in [2.45, 2.75) is 38.5 Å². The fourth-order valence-corrected chi connectivity index (χ4v) is 4.75. The molecule has 1 N–H and O–H groups in total. The Hall–Kier alpha value is -2.18. The van der Waals surface area contributed by atoms with Crippen molar-refractivity contribution in [2.24, 2.45) is 5.92 Å². The molecule has 27 heavy (non-hydrogen) atoms. The largest absolute Gasteiger partial charge is 0.326 e. The van der Waals surface area contributed by atoms with Gasteiger partial charge in [0.25, 0.3) is 0 Å². The molecule has 3 rings (SSSR count). The molecule has 1 heterocycles. The molecule has 1 aliphatic rings. The van der Waals surface area contributed by atoms with E-state index >= 15 is 0 Å². The van der Waals surface area contributed by atoms with Gasteiger partial charge in [-0.3, -0.25) is 4.79 Å². The van der Waals surface area contributed by atoms with E-state index in [0.29, 0.717) is 30.8 Å². The Morgan fingerprint density at radius 3 is 2.19 bits per heavy atom. The molecule has 2 aromatic rings. The van der Waals surface area contributed by atoms with Crippen LogP contribution >= 0.6 is 0 Å². The van der Waals surface area contributed by atoms with Gasteiger partial charge in [-0.2, -0.15) is 4.31 Å². The number of hydrogen-bond acceptors (Lipinski definition) is 3. The van der Waals surface area contributed by atoms with Crippen LogP contribution in [0.2, 0.25) is 0 Å². The number of carbonyl (C=O) groups excluding carboxylic acids is 1. The molecule has 1 saturated heterocycles. The van der Waals surface area contributed by atoms with Gasteiger partial charge in [0.05, 0.1) is 4.90 Å². The van der Waals surface area contributed by atoms with E-state index in [0.717, 1.165) is 16.8 Å². The van der Waals surface area contributed by atoms with Gasteiger partial charge in [-0.1, -0.05) is 23.8 Å². The first kappa shape index (κ1) is 19.6. The lowest BCUT2D eigenvalue weighted by molar-refractivity contribution is -0.120. The predicted octanol–water partition coefficient (Wildman–Crippen LogP) is 3.65. The van der Waals surface area contributed by atoms with Gasteiger partial charge in [-0.05, 0) is 69.0 Å². The molecule has 0 saturated carbocycles. The third-order valence-corrected chi connectivity index (χ3v) is 7.17. The summed E-state index contributed by atoms with van der Waals surface area (Å²) in [4.78, 5) is 12.9. The molecule has 0 unspecified atom stereocenters. The van der Waals surface area contributed by atoms with Crippen molar-refractivity contribution in [1.82, 2.24) is 4.31 Å². The summed E-state index contributed by atoms with van der Waals surface area (Å²) >= 11 is 0. The van der Waals surface area contributed by atoms with Crippen LogP contribution < -0.4 is 5.32 Å². The zero-order valence-electron chi connectivity index (χ0n) is 16.0. The lowest BCUT2D eigenvalue weighted by Gasteiger charge is -2.30. The Balaban J connectivity index is 1.61. The monoisotopic (exact) mass is 386 g/mol. The van der Waals surface area contributed by atoms with Gasteiger partial charge < -0.3 is 5.32 Å². The summed E-state index contributed by atoms with van der Waals surface area (Å²) in [5.41, 5.74) is 4.13. The minimum absolute atomic E-state index is 0.0364. The Morgan fingerprint density at radius 1 is 0.963 bits per heavy atom. The van der Waals surface area contributed by atoms with Gasteiger partial charge in [0.2, 0.25) is 15.9 Å². The number of amides is 1. The van der Waals surface area contributed by atoms with Crippen LogP contribution in [-0.2, 0) is 14.8 Å². The summed E-state index contributed by atoms with van der Waals surface area (Å²) < 4.78 is 27.0. The number of rotatable bonds is 4. The van der Waals surface area contributed by atoms with Gasteiger partial charge in [0.1, 0.15) is 0 Å². The van der Waals surface area contributed by atoms with Crippen LogP contribution in [0.25, 0.3) is 0 Å². The molecule has 0 radical (unpaired) electrons. The zero-order chi connectivity index (χ0) is 19.6. The van der Waals surface area contributed by atoms with E-state index in [-0.39, 0.29) is 11.8 Å². The molecule has 1 aliphatic heterocycles. The Morgan fingerprint density at radius 2 is 1.59 bits per heavy atom. The minimum Gasteiger partial charge on any atom is -0.326 e. The number of hydrogen-bond donors (Lipinski definition) is 1. The maximum atomic E-state index is 12.8. The fraction of sp³-hybridized carbons (Fsp3) is 0.381. The molecule has 0 bridgehead atoms. The van der Waals surface area contributed by atoms with Crippen molar-refractivity contribution in [3.63, 3.8) is 0 Å². The van der Waals surface area contributed by atoms with Crippen molar-refractivity contribution in [1.29, 1.82) is 0 Å². The normalized spacial score (nSPS) is 16.3. The molecule has 2 aromatic carbocycles. The van der Waals surface area contributed by atoms with E-state index in [1.54, 1.807) is 24.3 Å². The fourth-order valence-electron chi connectivity index (χ4n) is 3.28. The van der Waals surface area contributed by atoms with Crippen LogP contribution in [0.15, 0.2) is 47.4 Å². The van der Waals surface area contributed by atoms with E-state index in [1.807, 2.05) is 39.0 Å². The van der Waals surface area contributed by atoms with Crippen LogP contribution in [-0.4, -0.2) is 31.7 Å². The summed E-state index contributed by atoms with van der Waals surface area (Å²) in [6.45, 7) is 6.70. The van der Waals surface area contributed by atoms with Crippen molar-refractivity contribution in [3.8, 4) is 0 Å². The summed E-state index contributed by atoms with van der Waals surface area (Å²) in [6.07, 6.45) is 1.06. The first-order valence-corrected chi connectivity index (χ1v) is 10.7. The lowest BCUT2D eigenvalue weighted by atomic mass is 9.97. The third kappa shape index (κ3) is 4.39. The Kier molecular flexibility index (Phi) is 5.67. The van der Waals surface area contributed by atoms with Gasteiger partial charge in [-0.25, -0.2) is 8.42 Å². The first-order valence-electron chi connectivity index (χ1n) is 9.22. The molecule has 0 spiro atoms. The summed E-state index contributed by atoms with van der Waals surface area (Å²) in [5.74, 6) is -0.207. The van der Waals surface area contributed by atoms with Crippen LogP contribution in [0, 0.1) is 26.7 Å². The quantitative estimate of drug-likeness (QED) is 0.872. The average molecular weight is 387 g/mol. The molecule has 6 heteroatoms.